The maximum atomic E-state index is 11.8. The molecule has 0 aliphatic rings. The van der Waals surface area contributed by atoms with E-state index in [4.69, 9.17) is 0 Å². The number of nitrogens with one attached hydrogen (secondary N) is 3. The van der Waals surface area contributed by atoms with E-state index in [2.05, 4.69) is 38.2 Å². The van der Waals surface area contributed by atoms with Gasteiger partial charge in [0.1, 0.15) is 0 Å². The zero-order valence-corrected chi connectivity index (χ0v) is 10.7. The Morgan fingerprint density at radius 3 is 2.74 bits per heavy atom. The highest BCUT2D eigenvalue weighted by molar-refractivity contribution is 5.94. The number of carbonyl (C=O) groups excluding carboxylic acids is 1. The molecule has 3 N–H and O–H groups in total. The van der Waals surface area contributed by atoms with Gasteiger partial charge in [0.15, 0.2) is 5.82 Å². The highest BCUT2D eigenvalue weighted by Crippen LogP contribution is 2.09. The molecule has 2 rings (SSSR count). The molecule has 0 aliphatic carbocycles. The Labute approximate surface area is 110 Å². The molecule has 7 heteroatoms. The molecule has 100 valence electrons. The highest BCUT2D eigenvalue weighted by atomic mass is 16.1. The number of H-pyrrole nitrogens is 1. The summed E-state index contributed by atoms with van der Waals surface area (Å²) in [5.41, 5.74) is 1.61. The van der Waals surface area contributed by atoms with Crippen molar-refractivity contribution in [2.24, 2.45) is 0 Å². The van der Waals surface area contributed by atoms with Crippen molar-refractivity contribution in [2.45, 2.75) is 19.9 Å². The van der Waals surface area contributed by atoms with Gasteiger partial charge in [-0.05, 0) is 30.7 Å². The number of aromatic nitrogens is 4. The molecule has 1 heterocycles. The van der Waals surface area contributed by atoms with Crippen LogP contribution in [0.4, 0.5) is 5.69 Å². The zero-order valence-electron chi connectivity index (χ0n) is 10.7. The summed E-state index contributed by atoms with van der Waals surface area (Å²) in [6.45, 7) is 3.28. The van der Waals surface area contributed by atoms with E-state index >= 15 is 0 Å². The molecule has 2 aromatic rings. The van der Waals surface area contributed by atoms with E-state index in [9.17, 15) is 4.79 Å². The van der Waals surface area contributed by atoms with Crippen LogP contribution < -0.4 is 10.6 Å². The lowest BCUT2D eigenvalue weighted by atomic mass is 10.2. The Morgan fingerprint density at radius 1 is 1.32 bits per heavy atom. The van der Waals surface area contributed by atoms with E-state index in [1.54, 1.807) is 12.1 Å². The first-order valence-electron chi connectivity index (χ1n) is 6.14. The number of tetrazole rings is 1. The number of nitrogens with zero attached hydrogens (tertiary/aromatic N) is 3. The summed E-state index contributed by atoms with van der Waals surface area (Å²) < 4.78 is 0. The van der Waals surface area contributed by atoms with Gasteiger partial charge in [-0.2, -0.15) is 5.21 Å². The lowest BCUT2D eigenvalue weighted by Gasteiger charge is -2.06. The fourth-order valence-electron chi connectivity index (χ4n) is 1.53. The van der Waals surface area contributed by atoms with Crippen molar-refractivity contribution in [3.63, 3.8) is 0 Å². The molecule has 1 amide bonds. The number of amides is 1. The monoisotopic (exact) mass is 260 g/mol. The van der Waals surface area contributed by atoms with Crippen LogP contribution in [0, 0.1) is 0 Å². The van der Waals surface area contributed by atoms with Gasteiger partial charge in [-0.3, -0.25) is 4.79 Å². The second-order valence-electron chi connectivity index (χ2n) is 4.01. The van der Waals surface area contributed by atoms with Crippen molar-refractivity contribution in [2.75, 3.05) is 11.9 Å². The number of rotatable bonds is 6. The minimum atomic E-state index is -0.160. The van der Waals surface area contributed by atoms with E-state index < -0.39 is 0 Å². The number of aromatic amines is 1. The summed E-state index contributed by atoms with van der Waals surface area (Å²) in [5.74, 6) is 0.293. The number of hydrogen-bond acceptors (Lipinski definition) is 5. The molecule has 0 atom stereocenters. The van der Waals surface area contributed by atoms with E-state index in [0.29, 0.717) is 11.4 Å². The van der Waals surface area contributed by atoms with Gasteiger partial charge in [0, 0.05) is 17.8 Å². The first kappa shape index (κ1) is 13.0. The largest absolute Gasteiger partial charge is 0.385 e. The van der Waals surface area contributed by atoms with Crippen LogP contribution in [0.1, 0.15) is 29.5 Å². The van der Waals surface area contributed by atoms with Crippen molar-refractivity contribution in [3.8, 4) is 0 Å². The fourth-order valence-corrected chi connectivity index (χ4v) is 1.53. The molecule has 19 heavy (non-hydrogen) atoms. The summed E-state index contributed by atoms with van der Waals surface area (Å²) >= 11 is 0. The zero-order chi connectivity index (χ0) is 13.5. The summed E-state index contributed by atoms with van der Waals surface area (Å²) in [7, 11) is 0. The molecule has 0 bridgehead atoms. The van der Waals surface area contributed by atoms with Gasteiger partial charge in [-0.15, -0.1) is 10.2 Å². The Morgan fingerprint density at radius 2 is 2.11 bits per heavy atom. The van der Waals surface area contributed by atoms with Gasteiger partial charge in [0.25, 0.3) is 5.91 Å². The molecule has 0 aliphatic heterocycles. The van der Waals surface area contributed by atoms with Crippen LogP contribution in [0.2, 0.25) is 0 Å². The van der Waals surface area contributed by atoms with Crippen LogP contribution >= 0.6 is 0 Å². The average molecular weight is 260 g/mol. The number of anilines is 1. The number of carbonyl (C=O) groups is 1. The summed E-state index contributed by atoms with van der Waals surface area (Å²) in [6.07, 6.45) is 1.06. The van der Waals surface area contributed by atoms with Gasteiger partial charge in [-0.25, -0.2) is 0 Å². The average Bonchev–Trinajstić information content (AvgIpc) is 2.96. The normalized spacial score (nSPS) is 10.2. The quantitative estimate of drug-likeness (QED) is 0.718. The Kier molecular flexibility index (Phi) is 4.44. The molecule has 7 nitrogen and oxygen atoms in total. The SMILES string of the molecule is CCCNc1ccc(C(=O)NCc2nn[nH]n2)cc1. The molecule has 1 aromatic heterocycles. The van der Waals surface area contributed by atoms with Gasteiger partial charge < -0.3 is 10.6 Å². The van der Waals surface area contributed by atoms with Crippen molar-refractivity contribution in [1.82, 2.24) is 25.9 Å². The molecule has 0 radical (unpaired) electrons. The van der Waals surface area contributed by atoms with Crippen molar-refractivity contribution >= 4 is 11.6 Å². The lowest BCUT2D eigenvalue weighted by Crippen LogP contribution is -2.23. The predicted octanol–water partition coefficient (Wildman–Crippen LogP) is 0.952. The van der Waals surface area contributed by atoms with Gasteiger partial charge in [-0.1, -0.05) is 12.1 Å². The molecular weight excluding hydrogens is 244 g/mol. The van der Waals surface area contributed by atoms with Gasteiger partial charge in [0.05, 0.1) is 6.54 Å². The third-order valence-corrected chi connectivity index (χ3v) is 2.52. The van der Waals surface area contributed by atoms with Crippen LogP contribution in [0.15, 0.2) is 24.3 Å². The third kappa shape index (κ3) is 3.77. The van der Waals surface area contributed by atoms with Crippen LogP contribution in [-0.2, 0) is 6.54 Å². The van der Waals surface area contributed by atoms with Gasteiger partial charge >= 0.3 is 0 Å². The first-order chi connectivity index (χ1) is 9.29. The van der Waals surface area contributed by atoms with Crippen LogP contribution in [0.5, 0.6) is 0 Å². The fraction of sp³-hybridized carbons (Fsp3) is 0.333. The Balaban J connectivity index is 1.88. The highest BCUT2D eigenvalue weighted by Gasteiger charge is 2.06. The standard InChI is InChI=1S/C12H16N6O/c1-2-7-13-10-5-3-9(4-6-10)12(19)14-8-11-15-17-18-16-11/h3-6,13H,2,7-8H2,1H3,(H,14,19)(H,15,16,17,18). The summed E-state index contributed by atoms with van der Waals surface area (Å²) in [4.78, 5) is 11.8. The van der Waals surface area contributed by atoms with E-state index in [0.717, 1.165) is 18.7 Å². The van der Waals surface area contributed by atoms with Crippen LogP contribution in [-0.4, -0.2) is 33.1 Å². The number of hydrogen-bond donors (Lipinski definition) is 3. The van der Waals surface area contributed by atoms with E-state index in [1.807, 2.05) is 12.1 Å². The maximum absolute atomic E-state index is 11.8. The predicted molar refractivity (Wildman–Crippen MR) is 70.6 cm³/mol. The van der Waals surface area contributed by atoms with E-state index in [1.165, 1.54) is 0 Å². The molecule has 1 aromatic carbocycles. The maximum Gasteiger partial charge on any atom is 0.251 e. The third-order valence-electron chi connectivity index (χ3n) is 2.52. The van der Waals surface area contributed by atoms with Gasteiger partial charge in [0.2, 0.25) is 0 Å². The van der Waals surface area contributed by atoms with Crippen molar-refractivity contribution in [1.29, 1.82) is 0 Å². The van der Waals surface area contributed by atoms with Crippen molar-refractivity contribution < 1.29 is 4.79 Å². The lowest BCUT2D eigenvalue weighted by molar-refractivity contribution is 0.0950. The van der Waals surface area contributed by atoms with E-state index in [-0.39, 0.29) is 12.5 Å². The topological polar surface area (TPSA) is 95.6 Å². The van der Waals surface area contributed by atoms with Crippen molar-refractivity contribution in [3.05, 3.63) is 35.7 Å². The minimum Gasteiger partial charge on any atom is -0.385 e. The summed E-state index contributed by atoms with van der Waals surface area (Å²) in [6, 6.07) is 7.34. The summed E-state index contributed by atoms with van der Waals surface area (Å²) in [5, 5.41) is 19.2. The second kappa shape index (κ2) is 6.48. The molecular formula is C12H16N6O. The second-order valence-corrected chi connectivity index (χ2v) is 4.01. The molecule has 0 fully saturated rings. The minimum absolute atomic E-state index is 0.160. The van der Waals surface area contributed by atoms with Crippen LogP contribution in [0.3, 0.4) is 0 Å². The molecule has 0 unspecified atom stereocenters. The Hall–Kier alpha value is -2.44. The molecule has 0 spiro atoms. The first-order valence-corrected chi connectivity index (χ1v) is 6.14. The van der Waals surface area contributed by atoms with Crippen LogP contribution in [0.25, 0.3) is 0 Å². The molecule has 0 saturated carbocycles. The Bertz CT molecular complexity index is 508. The number of benzene rings is 1. The smallest absolute Gasteiger partial charge is 0.251 e. The molecule has 0 saturated heterocycles.